The van der Waals surface area contributed by atoms with Crippen molar-refractivity contribution in [2.45, 2.75) is 26.8 Å². The number of hydrogen-bond acceptors (Lipinski definition) is 4. The zero-order valence-corrected chi connectivity index (χ0v) is 13.1. The summed E-state index contributed by atoms with van der Waals surface area (Å²) >= 11 is 0. The molecule has 0 unspecified atom stereocenters. The highest BCUT2D eigenvalue weighted by atomic mass is 16.5. The first-order chi connectivity index (χ1) is 10.2. The number of nitrogens with one attached hydrogen (secondary N) is 1. The standard InChI is InChI=1S/C16H23N3O2/c1-5-9-21-14-8-6-7-13(10-14)17-11-15-12(2)18-19(3)16(15)20-4/h6-8,10,17H,5,9,11H2,1-4H3. The maximum atomic E-state index is 5.64. The van der Waals surface area contributed by atoms with E-state index in [2.05, 4.69) is 17.3 Å². The van der Waals surface area contributed by atoms with E-state index in [1.807, 2.05) is 38.2 Å². The molecule has 0 saturated carbocycles. The van der Waals surface area contributed by atoms with Crippen LogP contribution in [-0.2, 0) is 13.6 Å². The minimum absolute atomic E-state index is 0.667. The van der Waals surface area contributed by atoms with Crippen molar-refractivity contribution in [3.63, 3.8) is 0 Å². The van der Waals surface area contributed by atoms with Crippen LogP contribution in [0.25, 0.3) is 0 Å². The first-order valence-electron chi connectivity index (χ1n) is 7.19. The van der Waals surface area contributed by atoms with E-state index in [9.17, 15) is 0 Å². The Morgan fingerprint density at radius 3 is 2.86 bits per heavy atom. The normalized spacial score (nSPS) is 10.5. The summed E-state index contributed by atoms with van der Waals surface area (Å²) in [6.45, 7) is 5.49. The number of nitrogens with zero attached hydrogens (tertiary/aromatic N) is 2. The third-order valence-corrected chi connectivity index (χ3v) is 3.26. The second-order valence-electron chi connectivity index (χ2n) is 4.93. The molecule has 1 N–H and O–H groups in total. The lowest BCUT2D eigenvalue weighted by molar-refractivity contribution is 0.317. The molecule has 114 valence electrons. The minimum Gasteiger partial charge on any atom is -0.494 e. The van der Waals surface area contributed by atoms with Gasteiger partial charge in [0.1, 0.15) is 5.75 Å². The summed E-state index contributed by atoms with van der Waals surface area (Å²) in [5.41, 5.74) is 3.06. The van der Waals surface area contributed by atoms with E-state index in [4.69, 9.17) is 9.47 Å². The highest BCUT2D eigenvalue weighted by molar-refractivity contribution is 5.49. The average Bonchev–Trinajstić information content (AvgIpc) is 2.76. The van der Waals surface area contributed by atoms with Crippen LogP contribution in [0.3, 0.4) is 0 Å². The Bertz CT molecular complexity index is 593. The van der Waals surface area contributed by atoms with Crippen molar-refractivity contribution in [3.8, 4) is 11.6 Å². The molecule has 0 aliphatic carbocycles. The molecule has 1 aromatic carbocycles. The van der Waals surface area contributed by atoms with Gasteiger partial charge in [0.15, 0.2) is 0 Å². The minimum atomic E-state index is 0.667. The average molecular weight is 289 g/mol. The van der Waals surface area contributed by atoms with Gasteiger partial charge in [-0.15, -0.1) is 0 Å². The molecule has 0 bridgehead atoms. The van der Waals surface area contributed by atoms with Gasteiger partial charge in [0.05, 0.1) is 25.0 Å². The molecule has 0 aliphatic rings. The van der Waals surface area contributed by atoms with Gasteiger partial charge in [0.25, 0.3) is 0 Å². The third kappa shape index (κ3) is 3.68. The number of hydrogen-bond donors (Lipinski definition) is 1. The van der Waals surface area contributed by atoms with E-state index in [0.717, 1.165) is 41.6 Å². The van der Waals surface area contributed by atoms with Gasteiger partial charge in [-0.25, -0.2) is 4.68 Å². The van der Waals surface area contributed by atoms with E-state index in [1.165, 1.54) is 0 Å². The van der Waals surface area contributed by atoms with Crippen LogP contribution in [0.4, 0.5) is 5.69 Å². The molecule has 2 rings (SSSR count). The largest absolute Gasteiger partial charge is 0.494 e. The van der Waals surface area contributed by atoms with Crippen LogP contribution in [0.2, 0.25) is 0 Å². The van der Waals surface area contributed by atoms with E-state index in [-0.39, 0.29) is 0 Å². The van der Waals surface area contributed by atoms with Crippen molar-refractivity contribution in [1.82, 2.24) is 9.78 Å². The lowest BCUT2D eigenvalue weighted by Crippen LogP contribution is -2.03. The van der Waals surface area contributed by atoms with Crippen LogP contribution in [0.15, 0.2) is 24.3 Å². The fourth-order valence-electron chi connectivity index (χ4n) is 2.25. The molecule has 0 amide bonds. The molecule has 5 heteroatoms. The topological polar surface area (TPSA) is 48.3 Å². The molecule has 0 saturated heterocycles. The second-order valence-corrected chi connectivity index (χ2v) is 4.93. The van der Waals surface area contributed by atoms with Crippen molar-refractivity contribution < 1.29 is 9.47 Å². The number of rotatable bonds is 7. The Balaban J connectivity index is 2.06. The molecule has 0 aliphatic heterocycles. The SMILES string of the molecule is CCCOc1cccc(NCc2c(C)nn(C)c2OC)c1. The monoisotopic (exact) mass is 289 g/mol. The molecule has 21 heavy (non-hydrogen) atoms. The van der Waals surface area contributed by atoms with Gasteiger partial charge < -0.3 is 14.8 Å². The number of aryl methyl sites for hydroxylation is 2. The summed E-state index contributed by atoms with van der Waals surface area (Å²) in [5, 5.41) is 7.77. The van der Waals surface area contributed by atoms with Gasteiger partial charge in [-0.3, -0.25) is 0 Å². The number of anilines is 1. The molecule has 5 nitrogen and oxygen atoms in total. The Labute approximate surface area is 125 Å². The maximum absolute atomic E-state index is 5.64. The summed E-state index contributed by atoms with van der Waals surface area (Å²) in [4.78, 5) is 0. The van der Waals surface area contributed by atoms with Gasteiger partial charge in [0, 0.05) is 25.3 Å². The van der Waals surface area contributed by atoms with Crippen LogP contribution >= 0.6 is 0 Å². The van der Waals surface area contributed by atoms with Crippen molar-refractivity contribution in [3.05, 3.63) is 35.5 Å². The predicted molar refractivity (Wildman–Crippen MR) is 84.1 cm³/mol. The first kappa shape index (κ1) is 15.2. The summed E-state index contributed by atoms with van der Waals surface area (Å²) in [6.07, 6.45) is 1.00. The fraction of sp³-hybridized carbons (Fsp3) is 0.438. The number of benzene rings is 1. The number of methoxy groups -OCH3 is 1. The van der Waals surface area contributed by atoms with Gasteiger partial charge in [-0.1, -0.05) is 13.0 Å². The highest BCUT2D eigenvalue weighted by Crippen LogP contribution is 2.23. The van der Waals surface area contributed by atoms with E-state index >= 15 is 0 Å². The summed E-state index contributed by atoms with van der Waals surface area (Å²) in [5.74, 6) is 1.68. The van der Waals surface area contributed by atoms with Crippen molar-refractivity contribution in [2.24, 2.45) is 7.05 Å². The maximum Gasteiger partial charge on any atom is 0.216 e. The molecule has 1 aromatic heterocycles. The fourth-order valence-corrected chi connectivity index (χ4v) is 2.25. The van der Waals surface area contributed by atoms with Crippen LogP contribution in [0.1, 0.15) is 24.6 Å². The Morgan fingerprint density at radius 1 is 1.33 bits per heavy atom. The second kappa shape index (κ2) is 7.02. The van der Waals surface area contributed by atoms with Gasteiger partial charge in [0.2, 0.25) is 5.88 Å². The third-order valence-electron chi connectivity index (χ3n) is 3.26. The smallest absolute Gasteiger partial charge is 0.216 e. The van der Waals surface area contributed by atoms with Gasteiger partial charge in [-0.2, -0.15) is 5.10 Å². The van der Waals surface area contributed by atoms with Gasteiger partial charge in [-0.05, 0) is 25.5 Å². The Morgan fingerprint density at radius 2 is 2.14 bits per heavy atom. The van der Waals surface area contributed by atoms with Crippen LogP contribution < -0.4 is 14.8 Å². The van der Waals surface area contributed by atoms with Crippen molar-refractivity contribution in [2.75, 3.05) is 19.0 Å². The molecule has 0 radical (unpaired) electrons. The van der Waals surface area contributed by atoms with E-state index in [0.29, 0.717) is 6.54 Å². The lowest BCUT2D eigenvalue weighted by Gasteiger charge is -2.10. The van der Waals surface area contributed by atoms with Gasteiger partial charge >= 0.3 is 0 Å². The molecule has 0 atom stereocenters. The quantitative estimate of drug-likeness (QED) is 0.850. The van der Waals surface area contributed by atoms with Crippen molar-refractivity contribution >= 4 is 5.69 Å². The molecular formula is C16H23N3O2. The van der Waals surface area contributed by atoms with Crippen LogP contribution in [0.5, 0.6) is 11.6 Å². The first-order valence-corrected chi connectivity index (χ1v) is 7.19. The summed E-state index contributed by atoms with van der Waals surface area (Å²) < 4.78 is 12.8. The molecule has 0 spiro atoms. The van der Waals surface area contributed by atoms with Crippen LogP contribution in [0, 0.1) is 6.92 Å². The molecule has 1 heterocycles. The zero-order valence-electron chi connectivity index (χ0n) is 13.1. The van der Waals surface area contributed by atoms with Crippen LogP contribution in [-0.4, -0.2) is 23.5 Å². The van der Waals surface area contributed by atoms with E-state index < -0.39 is 0 Å². The zero-order chi connectivity index (χ0) is 15.2. The van der Waals surface area contributed by atoms with E-state index in [1.54, 1.807) is 11.8 Å². The molecular weight excluding hydrogens is 266 g/mol. The number of ether oxygens (including phenoxy) is 2. The summed E-state index contributed by atoms with van der Waals surface area (Å²) in [6, 6.07) is 7.99. The highest BCUT2D eigenvalue weighted by Gasteiger charge is 2.13. The summed E-state index contributed by atoms with van der Waals surface area (Å²) in [7, 11) is 3.55. The molecule has 2 aromatic rings. The lowest BCUT2D eigenvalue weighted by atomic mass is 10.2. The molecule has 0 fully saturated rings. The Hall–Kier alpha value is -2.17. The predicted octanol–water partition coefficient (Wildman–Crippen LogP) is 3.14. The Kier molecular flexibility index (Phi) is 5.09. The van der Waals surface area contributed by atoms with Crippen molar-refractivity contribution in [1.29, 1.82) is 0 Å². The number of aromatic nitrogens is 2.